The molecule has 0 spiro atoms. The molecule has 0 saturated heterocycles. The van der Waals surface area contributed by atoms with Gasteiger partial charge in [0.1, 0.15) is 5.75 Å². The number of benzene rings is 1. The first kappa shape index (κ1) is 16.4. The van der Waals surface area contributed by atoms with Crippen molar-refractivity contribution in [3.63, 3.8) is 0 Å². The van der Waals surface area contributed by atoms with Crippen LogP contribution in [-0.2, 0) is 9.47 Å². The Morgan fingerprint density at radius 1 is 1.37 bits per heavy atom. The van der Waals surface area contributed by atoms with E-state index in [1.807, 2.05) is 12.1 Å². The Balaban J connectivity index is 2.69. The van der Waals surface area contributed by atoms with E-state index in [4.69, 9.17) is 9.47 Å². The van der Waals surface area contributed by atoms with Crippen molar-refractivity contribution in [3.8, 4) is 5.75 Å². The number of hydrogen-bond donors (Lipinski definition) is 2. The van der Waals surface area contributed by atoms with Crippen LogP contribution in [0.4, 0.5) is 0 Å². The molecule has 0 aliphatic carbocycles. The number of nitrogens with one attached hydrogen (secondary N) is 1. The number of rotatable bonds is 8. The standard InChI is InChI=1S/C14H22BrNO3/c1-4-13(16-8-11(19-3)9-18-2)12-7-10(15)5-6-14(12)17/h5-7,11,13,16-17H,4,8-9H2,1-3H3. The van der Waals surface area contributed by atoms with Crippen LogP contribution in [0.25, 0.3) is 0 Å². The Kier molecular flexibility index (Phi) is 7.38. The average molecular weight is 332 g/mol. The van der Waals surface area contributed by atoms with Crippen LogP contribution in [0, 0.1) is 0 Å². The van der Waals surface area contributed by atoms with Crippen LogP contribution in [0.1, 0.15) is 24.9 Å². The predicted molar refractivity (Wildman–Crippen MR) is 79.5 cm³/mol. The second-order valence-electron chi connectivity index (χ2n) is 4.39. The molecule has 0 aliphatic rings. The quantitative estimate of drug-likeness (QED) is 0.769. The van der Waals surface area contributed by atoms with Gasteiger partial charge in [0.25, 0.3) is 0 Å². The van der Waals surface area contributed by atoms with Crippen molar-refractivity contribution >= 4 is 15.9 Å². The summed E-state index contributed by atoms with van der Waals surface area (Å²) in [6.07, 6.45) is 0.890. The fraction of sp³-hybridized carbons (Fsp3) is 0.571. The van der Waals surface area contributed by atoms with E-state index in [0.717, 1.165) is 16.5 Å². The highest BCUT2D eigenvalue weighted by Crippen LogP contribution is 2.29. The topological polar surface area (TPSA) is 50.7 Å². The lowest BCUT2D eigenvalue weighted by Gasteiger charge is -2.22. The van der Waals surface area contributed by atoms with E-state index in [9.17, 15) is 5.11 Å². The monoisotopic (exact) mass is 331 g/mol. The van der Waals surface area contributed by atoms with Gasteiger partial charge in [-0.1, -0.05) is 22.9 Å². The molecule has 2 unspecified atom stereocenters. The molecule has 4 nitrogen and oxygen atoms in total. The first-order valence-corrected chi connectivity index (χ1v) is 7.15. The van der Waals surface area contributed by atoms with Crippen molar-refractivity contribution in [1.82, 2.24) is 5.32 Å². The summed E-state index contributed by atoms with van der Waals surface area (Å²) in [7, 11) is 3.33. The van der Waals surface area contributed by atoms with E-state index >= 15 is 0 Å². The Morgan fingerprint density at radius 3 is 2.68 bits per heavy atom. The first-order chi connectivity index (χ1) is 9.12. The molecule has 1 aromatic carbocycles. The van der Waals surface area contributed by atoms with Crippen molar-refractivity contribution in [1.29, 1.82) is 0 Å². The van der Waals surface area contributed by atoms with E-state index in [2.05, 4.69) is 28.2 Å². The molecule has 2 atom stereocenters. The van der Waals surface area contributed by atoms with Crippen LogP contribution in [0.15, 0.2) is 22.7 Å². The van der Waals surface area contributed by atoms with Crippen LogP contribution in [0.2, 0.25) is 0 Å². The second kappa shape index (κ2) is 8.53. The molecular weight excluding hydrogens is 310 g/mol. The van der Waals surface area contributed by atoms with Gasteiger partial charge in [0.15, 0.2) is 0 Å². The highest BCUT2D eigenvalue weighted by molar-refractivity contribution is 9.10. The zero-order chi connectivity index (χ0) is 14.3. The van der Waals surface area contributed by atoms with Gasteiger partial charge in [-0.3, -0.25) is 0 Å². The number of methoxy groups -OCH3 is 2. The molecule has 2 N–H and O–H groups in total. The summed E-state index contributed by atoms with van der Waals surface area (Å²) in [5, 5.41) is 13.3. The molecule has 0 aliphatic heterocycles. The van der Waals surface area contributed by atoms with Gasteiger partial charge in [0.2, 0.25) is 0 Å². The molecule has 1 rings (SSSR count). The number of ether oxygens (including phenoxy) is 2. The van der Waals surface area contributed by atoms with E-state index < -0.39 is 0 Å². The fourth-order valence-corrected chi connectivity index (χ4v) is 2.33. The fourth-order valence-electron chi connectivity index (χ4n) is 1.95. The normalized spacial score (nSPS) is 14.3. The lowest BCUT2D eigenvalue weighted by molar-refractivity contribution is 0.0272. The zero-order valence-corrected chi connectivity index (χ0v) is 13.2. The Labute approximate surface area is 123 Å². The van der Waals surface area contributed by atoms with E-state index in [1.54, 1.807) is 20.3 Å². The summed E-state index contributed by atoms with van der Waals surface area (Å²) in [4.78, 5) is 0. The summed E-state index contributed by atoms with van der Waals surface area (Å²) in [5.74, 6) is 0.309. The lowest BCUT2D eigenvalue weighted by atomic mass is 10.0. The number of aromatic hydroxyl groups is 1. The van der Waals surface area contributed by atoms with E-state index in [1.165, 1.54) is 0 Å². The summed E-state index contributed by atoms with van der Waals surface area (Å²) in [6, 6.07) is 5.56. The van der Waals surface area contributed by atoms with Crippen molar-refractivity contribution in [3.05, 3.63) is 28.2 Å². The number of hydrogen-bond acceptors (Lipinski definition) is 4. The smallest absolute Gasteiger partial charge is 0.120 e. The van der Waals surface area contributed by atoms with Crippen LogP contribution >= 0.6 is 15.9 Å². The Bertz CT molecular complexity index is 387. The lowest BCUT2D eigenvalue weighted by Crippen LogP contribution is -2.34. The maximum absolute atomic E-state index is 9.95. The molecule has 5 heteroatoms. The van der Waals surface area contributed by atoms with Crippen molar-refractivity contribution in [2.24, 2.45) is 0 Å². The first-order valence-electron chi connectivity index (χ1n) is 6.35. The van der Waals surface area contributed by atoms with Crippen molar-refractivity contribution in [2.75, 3.05) is 27.4 Å². The largest absolute Gasteiger partial charge is 0.508 e. The molecular formula is C14H22BrNO3. The average Bonchev–Trinajstić information content (AvgIpc) is 2.41. The second-order valence-corrected chi connectivity index (χ2v) is 5.30. The molecule has 0 radical (unpaired) electrons. The summed E-state index contributed by atoms with van der Waals surface area (Å²) < 4.78 is 11.4. The molecule has 0 fully saturated rings. The van der Waals surface area contributed by atoms with Gasteiger partial charge in [0.05, 0.1) is 12.7 Å². The summed E-state index contributed by atoms with van der Waals surface area (Å²) >= 11 is 3.43. The van der Waals surface area contributed by atoms with Crippen molar-refractivity contribution < 1.29 is 14.6 Å². The molecule has 0 heterocycles. The van der Waals surface area contributed by atoms with Crippen LogP contribution in [0.5, 0.6) is 5.75 Å². The van der Waals surface area contributed by atoms with Gasteiger partial charge in [-0.05, 0) is 24.6 Å². The molecule has 0 saturated carbocycles. The molecule has 0 amide bonds. The van der Waals surface area contributed by atoms with Crippen LogP contribution in [-0.4, -0.2) is 38.6 Å². The van der Waals surface area contributed by atoms with Gasteiger partial charge in [-0.25, -0.2) is 0 Å². The highest BCUT2D eigenvalue weighted by atomic mass is 79.9. The summed E-state index contributed by atoms with van der Waals surface area (Å²) in [6.45, 7) is 3.30. The zero-order valence-electron chi connectivity index (χ0n) is 11.6. The van der Waals surface area contributed by atoms with E-state index in [0.29, 0.717) is 18.9 Å². The maximum Gasteiger partial charge on any atom is 0.120 e. The van der Waals surface area contributed by atoms with Crippen LogP contribution in [0.3, 0.4) is 0 Å². The van der Waals surface area contributed by atoms with Gasteiger partial charge in [-0.2, -0.15) is 0 Å². The highest BCUT2D eigenvalue weighted by Gasteiger charge is 2.16. The minimum absolute atomic E-state index is 0.00773. The van der Waals surface area contributed by atoms with Crippen LogP contribution < -0.4 is 5.32 Å². The number of phenolic OH excluding ortho intramolecular Hbond substituents is 1. The SMILES string of the molecule is CCC(NCC(COC)OC)c1cc(Br)ccc1O. The molecule has 0 aromatic heterocycles. The van der Waals surface area contributed by atoms with Gasteiger partial charge in [0, 0.05) is 36.8 Å². The third-order valence-electron chi connectivity index (χ3n) is 3.05. The summed E-state index contributed by atoms with van der Waals surface area (Å²) in [5.41, 5.74) is 0.893. The molecule has 19 heavy (non-hydrogen) atoms. The maximum atomic E-state index is 9.95. The Morgan fingerprint density at radius 2 is 2.11 bits per heavy atom. The van der Waals surface area contributed by atoms with Gasteiger partial charge >= 0.3 is 0 Å². The van der Waals surface area contributed by atoms with Crippen molar-refractivity contribution in [2.45, 2.75) is 25.5 Å². The third kappa shape index (κ3) is 5.10. The molecule has 108 valence electrons. The minimum atomic E-state index is 0.00773. The van der Waals surface area contributed by atoms with E-state index in [-0.39, 0.29) is 12.1 Å². The number of halogens is 1. The minimum Gasteiger partial charge on any atom is -0.508 e. The van der Waals surface area contributed by atoms with Gasteiger partial charge in [-0.15, -0.1) is 0 Å². The van der Waals surface area contributed by atoms with Gasteiger partial charge < -0.3 is 19.9 Å². The molecule has 1 aromatic rings. The Hall–Kier alpha value is -0.620. The molecule has 0 bridgehead atoms. The predicted octanol–water partition coefficient (Wildman–Crippen LogP) is 2.86. The number of phenols is 1. The third-order valence-corrected chi connectivity index (χ3v) is 3.54.